The van der Waals surface area contributed by atoms with Gasteiger partial charge in [0, 0.05) is 33.0 Å². The zero-order chi connectivity index (χ0) is 38.9. The van der Waals surface area contributed by atoms with Gasteiger partial charge in [0.05, 0.1) is 0 Å². The summed E-state index contributed by atoms with van der Waals surface area (Å²) >= 11 is 0. The lowest BCUT2D eigenvalue weighted by atomic mass is 9.95. The van der Waals surface area contributed by atoms with Crippen LogP contribution in [-0.2, 0) is 0 Å². The molecular formula is C54H32N4O. The van der Waals surface area contributed by atoms with Crippen LogP contribution in [0, 0.1) is 0 Å². The van der Waals surface area contributed by atoms with Gasteiger partial charge >= 0.3 is 0 Å². The van der Waals surface area contributed by atoms with E-state index in [0.717, 1.165) is 76.6 Å². The third kappa shape index (κ3) is 5.63. The number of aromatic nitrogens is 4. The van der Waals surface area contributed by atoms with Crippen molar-refractivity contribution in [1.82, 2.24) is 19.9 Å². The smallest absolute Gasteiger partial charge is 0.227 e. The van der Waals surface area contributed by atoms with Crippen molar-refractivity contribution in [3.63, 3.8) is 0 Å². The molecule has 0 saturated heterocycles. The van der Waals surface area contributed by atoms with E-state index in [1.807, 2.05) is 36.4 Å². The Morgan fingerprint density at radius 2 is 0.864 bits per heavy atom. The van der Waals surface area contributed by atoms with Gasteiger partial charge in [0.25, 0.3) is 0 Å². The van der Waals surface area contributed by atoms with E-state index in [0.29, 0.717) is 23.4 Å². The van der Waals surface area contributed by atoms with Crippen molar-refractivity contribution in [2.24, 2.45) is 0 Å². The van der Waals surface area contributed by atoms with Gasteiger partial charge in [-0.1, -0.05) is 158 Å². The van der Waals surface area contributed by atoms with Crippen LogP contribution in [0.15, 0.2) is 199 Å². The third-order valence-electron chi connectivity index (χ3n) is 11.5. The van der Waals surface area contributed by atoms with E-state index in [2.05, 4.69) is 158 Å². The van der Waals surface area contributed by atoms with Gasteiger partial charge in [-0.15, -0.1) is 0 Å². The summed E-state index contributed by atoms with van der Waals surface area (Å²) in [6.07, 6.45) is 0. The normalized spacial score (nSPS) is 11.7. The van der Waals surface area contributed by atoms with Gasteiger partial charge in [0.15, 0.2) is 23.1 Å². The second-order valence-corrected chi connectivity index (χ2v) is 15.0. The fourth-order valence-electron chi connectivity index (χ4n) is 8.59. The van der Waals surface area contributed by atoms with Crippen LogP contribution in [0.3, 0.4) is 0 Å². The lowest BCUT2D eigenvalue weighted by Gasteiger charge is -2.12. The van der Waals surface area contributed by atoms with Crippen molar-refractivity contribution in [2.45, 2.75) is 0 Å². The van der Waals surface area contributed by atoms with Crippen molar-refractivity contribution >= 4 is 65.0 Å². The number of hydrogen-bond acceptors (Lipinski definition) is 5. The van der Waals surface area contributed by atoms with Gasteiger partial charge in [-0.3, -0.25) is 0 Å². The number of rotatable bonds is 5. The molecule has 59 heavy (non-hydrogen) atoms. The highest BCUT2D eigenvalue weighted by Crippen LogP contribution is 2.40. The molecule has 2 heterocycles. The average molecular weight is 753 g/mol. The number of nitrogens with zero attached hydrogens (tertiary/aromatic N) is 4. The minimum Gasteiger partial charge on any atom is -0.435 e. The van der Waals surface area contributed by atoms with E-state index < -0.39 is 0 Å². The SMILES string of the molecule is c1ccc(-c2nc3ccc4ccc5ccc6cc(-c7nc(-c8cccc(-c9cccc%10ccccc9%10)c8)nc(-c8ccc9ccccc9c8)n7)ccc6c5c4c3o2)cc1. The molecule has 10 aromatic carbocycles. The zero-order valence-corrected chi connectivity index (χ0v) is 31.7. The Morgan fingerprint density at radius 3 is 1.68 bits per heavy atom. The molecule has 0 unspecified atom stereocenters. The van der Waals surface area contributed by atoms with Gasteiger partial charge in [0.1, 0.15) is 5.52 Å². The number of hydrogen-bond donors (Lipinski definition) is 0. The van der Waals surface area contributed by atoms with Crippen LogP contribution in [0.4, 0.5) is 0 Å². The van der Waals surface area contributed by atoms with Gasteiger partial charge < -0.3 is 4.42 Å². The minimum absolute atomic E-state index is 0.610. The van der Waals surface area contributed by atoms with Gasteiger partial charge in [-0.25, -0.2) is 19.9 Å². The topological polar surface area (TPSA) is 64.7 Å². The number of benzene rings is 10. The first kappa shape index (κ1) is 33.2. The highest BCUT2D eigenvalue weighted by Gasteiger charge is 2.18. The average Bonchev–Trinajstić information content (AvgIpc) is 3.76. The summed E-state index contributed by atoms with van der Waals surface area (Å²) in [7, 11) is 0. The molecule has 0 bridgehead atoms. The molecule has 0 aliphatic rings. The molecule has 274 valence electrons. The first-order chi connectivity index (χ1) is 29.2. The largest absolute Gasteiger partial charge is 0.435 e. The molecule has 2 aromatic heterocycles. The van der Waals surface area contributed by atoms with Crippen LogP contribution in [0.5, 0.6) is 0 Å². The van der Waals surface area contributed by atoms with Crippen LogP contribution >= 0.6 is 0 Å². The predicted octanol–water partition coefficient (Wildman–Crippen LogP) is 14.1. The van der Waals surface area contributed by atoms with Crippen LogP contribution in [0.1, 0.15) is 0 Å². The summed E-state index contributed by atoms with van der Waals surface area (Å²) in [6, 6.07) is 67.7. The number of fused-ring (bicyclic) bond motifs is 9. The molecule has 5 nitrogen and oxygen atoms in total. The lowest BCUT2D eigenvalue weighted by Crippen LogP contribution is -2.00. The molecule has 0 aliphatic heterocycles. The fraction of sp³-hybridized carbons (Fsp3) is 0. The van der Waals surface area contributed by atoms with Crippen molar-refractivity contribution in [1.29, 1.82) is 0 Å². The molecule has 0 N–H and O–H groups in total. The van der Waals surface area contributed by atoms with Crippen LogP contribution in [0.2, 0.25) is 0 Å². The van der Waals surface area contributed by atoms with E-state index in [4.69, 9.17) is 24.4 Å². The molecule has 5 heteroatoms. The Hall–Kier alpha value is -8.02. The maximum Gasteiger partial charge on any atom is 0.227 e. The first-order valence-electron chi connectivity index (χ1n) is 19.8. The number of oxazole rings is 1. The molecular weight excluding hydrogens is 721 g/mol. The molecule has 0 radical (unpaired) electrons. The quantitative estimate of drug-likeness (QED) is 0.164. The Balaban J connectivity index is 1.04. The summed E-state index contributed by atoms with van der Waals surface area (Å²) in [4.78, 5) is 20.4. The van der Waals surface area contributed by atoms with Crippen molar-refractivity contribution in [3.8, 4) is 56.7 Å². The predicted molar refractivity (Wildman–Crippen MR) is 242 cm³/mol. The van der Waals surface area contributed by atoms with Crippen LogP contribution in [0.25, 0.3) is 122 Å². The third-order valence-corrected chi connectivity index (χ3v) is 11.5. The maximum atomic E-state index is 6.57. The Bertz CT molecular complexity index is 3620. The van der Waals surface area contributed by atoms with E-state index in [9.17, 15) is 0 Å². The summed E-state index contributed by atoms with van der Waals surface area (Å²) in [6.45, 7) is 0. The molecule has 12 rings (SSSR count). The highest BCUT2D eigenvalue weighted by molar-refractivity contribution is 6.26. The van der Waals surface area contributed by atoms with E-state index in [1.54, 1.807) is 0 Å². The zero-order valence-electron chi connectivity index (χ0n) is 31.7. The van der Waals surface area contributed by atoms with Crippen molar-refractivity contribution < 1.29 is 4.42 Å². The van der Waals surface area contributed by atoms with Crippen molar-refractivity contribution in [3.05, 3.63) is 194 Å². The van der Waals surface area contributed by atoms with Gasteiger partial charge in [-0.05, 0) is 90.6 Å². The molecule has 0 spiro atoms. The minimum atomic E-state index is 0.610. The second kappa shape index (κ2) is 13.3. The molecule has 0 aliphatic carbocycles. The maximum absolute atomic E-state index is 6.57. The Morgan fingerprint density at radius 1 is 0.305 bits per heavy atom. The lowest BCUT2D eigenvalue weighted by molar-refractivity contribution is 0.623. The molecule has 0 saturated carbocycles. The Kier molecular flexibility index (Phi) is 7.47. The van der Waals surface area contributed by atoms with Crippen LogP contribution in [-0.4, -0.2) is 19.9 Å². The second-order valence-electron chi connectivity index (χ2n) is 15.0. The van der Waals surface area contributed by atoms with E-state index in [-0.39, 0.29) is 0 Å². The summed E-state index contributed by atoms with van der Waals surface area (Å²) < 4.78 is 6.57. The van der Waals surface area contributed by atoms with Gasteiger partial charge in [0.2, 0.25) is 5.89 Å². The molecule has 0 amide bonds. The van der Waals surface area contributed by atoms with E-state index >= 15 is 0 Å². The van der Waals surface area contributed by atoms with E-state index in [1.165, 1.54) is 21.7 Å². The van der Waals surface area contributed by atoms with Crippen molar-refractivity contribution in [2.75, 3.05) is 0 Å². The fourth-order valence-corrected chi connectivity index (χ4v) is 8.59. The molecule has 12 aromatic rings. The monoisotopic (exact) mass is 752 g/mol. The van der Waals surface area contributed by atoms with Crippen LogP contribution < -0.4 is 0 Å². The van der Waals surface area contributed by atoms with Gasteiger partial charge in [-0.2, -0.15) is 0 Å². The first-order valence-corrected chi connectivity index (χ1v) is 19.8. The summed E-state index contributed by atoms with van der Waals surface area (Å²) in [5.74, 6) is 2.46. The molecule has 0 atom stereocenters. The summed E-state index contributed by atoms with van der Waals surface area (Å²) in [5.41, 5.74) is 7.61. The Labute approximate surface area is 338 Å². The summed E-state index contributed by atoms with van der Waals surface area (Å²) in [5, 5.41) is 11.3. The molecule has 0 fully saturated rings. The highest BCUT2D eigenvalue weighted by atomic mass is 16.3. The standard InChI is InChI=1S/C54H32N4O/c1-2-12-37(13-3-1)54-55-47-29-27-36-22-21-35-23-24-40-32-43(26-28-46(40)48(35)49(36)50(47)59-54)53-57-51(56-52(58-53)42-25-20-33-10-4-5-14-38(33)30-42)41-17-8-16-39(31-41)45-19-9-15-34-11-6-7-18-44(34)45/h1-32H.